The molecule has 1 aliphatic heterocycles. The van der Waals surface area contributed by atoms with Crippen molar-refractivity contribution >= 4 is 21.7 Å². The molecule has 1 saturated heterocycles. The first kappa shape index (κ1) is 12.9. The molecule has 92 valence electrons. The van der Waals surface area contributed by atoms with Crippen LogP contribution in [0, 0.1) is 0 Å². The minimum absolute atomic E-state index is 0.0585. The Morgan fingerprint density at radius 1 is 1.50 bits per heavy atom. The van der Waals surface area contributed by atoms with Crippen LogP contribution in [0.4, 0.5) is 0 Å². The van der Waals surface area contributed by atoms with Gasteiger partial charge in [-0.1, -0.05) is 0 Å². The van der Waals surface area contributed by atoms with Gasteiger partial charge in [0.05, 0.1) is 17.9 Å². The van der Waals surface area contributed by atoms with E-state index in [0.717, 1.165) is 0 Å². The van der Waals surface area contributed by atoms with Crippen LogP contribution < -0.4 is 11.1 Å². The van der Waals surface area contributed by atoms with Gasteiger partial charge in [-0.25, -0.2) is 8.42 Å². The fourth-order valence-electron chi connectivity index (χ4n) is 1.48. The SMILES string of the molecule is NC(CC(=O)NC1CCS(=O)(=O)C1)C(=O)O. The van der Waals surface area contributed by atoms with Gasteiger partial charge in [-0.2, -0.15) is 0 Å². The second kappa shape index (κ2) is 4.79. The van der Waals surface area contributed by atoms with Crippen molar-refractivity contribution in [2.24, 2.45) is 5.73 Å². The standard InChI is InChI=1S/C8H14N2O5S/c9-6(8(12)13)3-7(11)10-5-1-2-16(14,15)4-5/h5-6H,1-4,9H2,(H,10,11)(H,12,13). The zero-order chi connectivity index (χ0) is 12.3. The summed E-state index contributed by atoms with van der Waals surface area (Å²) in [5.74, 6) is -1.81. The molecule has 1 amide bonds. The minimum atomic E-state index is -3.05. The highest BCUT2D eigenvalue weighted by molar-refractivity contribution is 7.91. The second-order valence-corrected chi connectivity index (χ2v) is 6.05. The summed E-state index contributed by atoms with van der Waals surface area (Å²) in [6, 6.07) is -1.67. The zero-order valence-corrected chi connectivity index (χ0v) is 9.37. The maximum Gasteiger partial charge on any atom is 0.321 e. The Kier molecular flexibility index (Phi) is 3.87. The Morgan fingerprint density at radius 2 is 2.12 bits per heavy atom. The van der Waals surface area contributed by atoms with Crippen LogP contribution in [-0.2, 0) is 19.4 Å². The number of sulfone groups is 1. The topological polar surface area (TPSA) is 127 Å². The normalized spacial score (nSPS) is 24.9. The third-order valence-corrected chi connectivity index (χ3v) is 4.09. The highest BCUT2D eigenvalue weighted by Gasteiger charge is 2.29. The average Bonchev–Trinajstić information content (AvgIpc) is 2.44. The molecule has 0 aromatic rings. The van der Waals surface area contributed by atoms with Gasteiger partial charge in [0, 0.05) is 6.04 Å². The van der Waals surface area contributed by atoms with Crippen molar-refractivity contribution in [2.75, 3.05) is 11.5 Å². The summed E-state index contributed by atoms with van der Waals surface area (Å²) in [6.07, 6.45) is 0.0300. The van der Waals surface area contributed by atoms with Crippen molar-refractivity contribution in [3.05, 3.63) is 0 Å². The van der Waals surface area contributed by atoms with Gasteiger partial charge in [-0.3, -0.25) is 9.59 Å². The first-order chi connectivity index (χ1) is 7.30. The minimum Gasteiger partial charge on any atom is -0.480 e. The Bertz CT molecular complexity index is 391. The lowest BCUT2D eigenvalue weighted by molar-refractivity contribution is -0.140. The third kappa shape index (κ3) is 3.78. The largest absolute Gasteiger partial charge is 0.480 e. The second-order valence-electron chi connectivity index (χ2n) is 3.82. The van der Waals surface area contributed by atoms with Crippen molar-refractivity contribution in [3.8, 4) is 0 Å². The van der Waals surface area contributed by atoms with Gasteiger partial charge in [0.1, 0.15) is 6.04 Å². The number of hydrogen-bond acceptors (Lipinski definition) is 5. The Labute approximate surface area is 92.9 Å². The molecule has 2 atom stereocenters. The van der Waals surface area contributed by atoms with Gasteiger partial charge in [0.2, 0.25) is 5.91 Å². The third-order valence-electron chi connectivity index (χ3n) is 2.32. The molecular weight excluding hydrogens is 236 g/mol. The summed E-state index contributed by atoms with van der Waals surface area (Å²) in [5.41, 5.74) is 5.17. The van der Waals surface area contributed by atoms with Gasteiger partial charge in [0.25, 0.3) is 0 Å². The first-order valence-corrected chi connectivity index (χ1v) is 6.60. The maximum atomic E-state index is 11.3. The van der Waals surface area contributed by atoms with E-state index in [2.05, 4.69) is 5.32 Å². The Hall–Kier alpha value is -1.15. The number of carboxylic acid groups (broad SMARTS) is 1. The van der Waals surface area contributed by atoms with Crippen LogP contribution in [0.25, 0.3) is 0 Å². The molecule has 16 heavy (non-hydrogen) atoms. The molecule has 0 aliphatic carbocycles. The summed E-state index contributed by atoms with van der Waals surface area (Å²) in [4.78, 5) is 21.6. The molecule has 7 nitrogen and oxygen atoms in total. The molecule has 1 fully saturated rings. The lowest BCUT2D eigenvalue weighted by atomic mass is 10.2. The molecule has 0 aromatic heterocycles. The Balaban J connectivity index is 2.39. The fourth-order valence-corrected chi connectivity index (χ4v) is 3.16. The van der Waals surface area contributed by atoms with Crippen molar-refractivity contribution in [1.29, 1.82) is 0 Å². The highest BCUT2D eigenvalue weighted by atomic mass is 32.2. The number of amides is 1. The average molecular weight is 250 g/mol. The number of carbonyl (C=O) groups is 2. The molecule has 4 N–H and O–H groups in total. The number of nitrogens with two attached hydrogens (primary N) is 1. The highest BCUT2D eigenvalue weighted by Crippen LogP contribution is 2.11. The number of carbonyl (C=O) groups excluding carboxylic acids is 1. The van der Waals surface area contributed by atoms with E-state index in [1.165, 1.54) is 0 Å². The maximum absolute atomic E-state index is 11.3. The lowest BCUT2D eigenvalue weighted by Gasteiger charge is -2.12. The van der Waals surface area contributed by atoms with Crippen LogP contribution >= 0.6 is 0 Å². The first-order valence-electron chi connectivity index (χ1n) is 4.78. The fraction of sp³-hybridized carbons (Fsp3) is 0.750. The molecule has 0 spiro atoms. The number of aliphatic carboxylic acids is 1. The van der Waals surface area contributed by atoms with Crippen LogP contribution in [0.3, 0.4) is 0 Å². The summed E-state index contributed by atoms with van der Waals surface area (Å²) < 4.78 is 22.2. The van der Waals surface area contributed by atoms with E-state index in [9.17, 15) is 18.0 Å². The van der Waals surface area contributed by atoms with E-state index in [-0.39, 0.29) is 17.9 Å². The molecule has 1 rings (SSSR count). The van der Waals surface area contributed by atoms with Crippen LogP contribution in [0.5, 0.6) is 0 Å². The molecule has 0 bridgehead atoms. The molecule has 1 heterocycles. The van der Waals surface area contributed by atoms with Crippen molar-refractivity contribution in [1.82, 2.24) is 5.32 Å². The number of rotatable bonds is 4. The lowest BCUT2D eigenvalue weighted by Crippen LogP contribution is -2.41. The van der Waals surface area contributed by atoms with Crippen molar-refractivity contribution < 1.29 is 23.1 Å². The van der Waals surface area contributed by atoms with E-state index in [1.807, 2.05) is 0 Å². The quantitative estimate of drug-likeness (QED) is 0.534. The molecule has 2 unspecified atom stereocenters. The van der Waals surface area contributed by atoms with Crippen molar-refractivity contribution in [2.45, 2.75) is 24.9 Å². The summed E-state index contributed by atoms with van der Waals surface area (Å²) >= 11 is 0. The zero-order valence-electron chi connectivity index (χ0n) is 8.55. The molecule has 0 aromatic carbocycles. The van der Waals surface area contributed by atoms with Gasteiger partial charge < -0.3 is 16.2 Å². The summed E-state index contributed by atoms with van der Waals surface area (Å²) in [5, 5.41) is 10.9. The van der Waals surface area contributed by atoms with E-state index < -0.39 is 33.8 Å². The summed E-state index contributed by atoms with van der Waals surface area (Å²) in [7, 11) is -3.05. The van der Waals surface area contributed by atoms with E-state index in [0.29, 0.717) is 6.42 Å². The number of nitrogens with one attached hydrogen (secondary N) is 1. The smallest absolute Gasteiger partial charge is 0.321 e. The predicted octanol–water partition coefficient (Wildman–Crippen LogP) is -1.91. The Morgan fingerprint density at radius 3 is 2.56 bits per heavy atom. The van der Waals surface area contributed by atoms with Crippen LogP contribution in [0.2, 0.25) is 0 Å². The number of hydrogen-bond donors (Lipinski definition) is 3. The van der Waals surface area contributed by atoms with Gasteiger partial charge in [-0.15, -0.1) is 0 Å². The molecule has 0 radical (unpaired) electrons. The van der Waals surface area contributed by atoms with E-state index in [1.54, 1.807) is 0 Å². The van der Waals surface area contributed by atoms with Crippen molar-refractivity contribution in [3.63, 3.8) is 0 Å². The molecule has 1 aliphatic rings. The van der Waals surface area contributed by atoms with Gasteiger partial charge >= 0.3 is 5.97 Å². The number of carboxylic acids is 1. The van der Waals surface area contributed by atoms with Gasteiger partial charge in [-0.05, 0) is 6.42 Å². The van der Waals surface area contributed by atoms with Crippen LogP contribution in [-0.4, -0.2) is 49.0 Å². The van der Waals surface area contributed by atoms with E-state index >= 15 is 0 Å². The molecular formula is C8H14N2O5S. The molecule has 8 heteroatoms. The van der Waals surface area contributed by atoms with E-state index in [4.69, 9.17) is 10.8 Å². The van der Waals surface area contributed by atoms with Gasteiger partial charge in [0.15, 0.2) is 9.84 Å². The van der Waals surface area contributed by atoms with Crippen LogP contribution in [0.1, 0.15) is 12.8 Å². The monoisotopic (exact) mass is 250 g/mol. The summed E-state index contributed by atoms with van der Waals surface area (Å²) in [6.45, 7) is 0. The molecule has 0 saturated carbocycles. The predicted molar refractivity (Wildman–Crippen MR) is 55.4 cm³/mol. The van der Waals surface area contributed by atoms with Crippen LogP contribution in [0.15, 0.2) is 0 Å².